The fraction of sp³-hybridized carbons (Fsp3) is 0.0286. The molecule has 0 spiro atoms. The molecular formula is C105H70. The molecule has 20 aromatic rings. The van der Waals surface area contributed by atoms with Crippen LogP contribution in [0.4, 0.5) is 0 Å². The van der Waals surface area contributed by atoms with Crippen LogP contribution in [0.1, 0.15) is 25.0 Å². The average molecular weight is 1330 g/mol. The van der Waals surface area contributed by atoms with Gasteiger partial charge in [0.1, 0.15) is 0 Å². The molecule has 0 unspecified atom stereocenters. The van der Waals surface area contributed by atoms with Crippen LogP contribution in [0, 0.1) is 0 Å². The number of hydrogen-bond donors (Lipinski definition) is 0. The summed E-state index contributed by atoms with van der Waals surface area (Å²) in [6.07, 6.45) is 0. The van der Waals surface area contributed by atoms with Crippen LogP contribution in [0.3, 0.4) is 0 Å². The molecule has 1 aliphatic carbocycles. The van der Waals surface area contributed by atoms with Gasteiger partial charge in [0.2, 0.25) is 0 Å². The predicted octanol–water partition coefficient (Wildman–Crippen LogP) is 29.4. The third kappa shape index (κ3) is 10.0. The fourth-order valence-electron chi connectivity index (χ4n) is 18.0. The van der Waals surface area contributed by atoms with E-state index in [2.05, 4.69) is 402 Å². The Kier molecular flexibility index (Phi) is 14.7. The van der Waals surface area contributed by atoms with E-state index in [1.807, 2.05) is 0 Å². The quantitative estimate of drug-likeness (QED) is 0.133. The molecule has 0 radical (unpaired) electrons. The summed E-state index contributed by atoms with van der Waals surface area (Å²) >= 11 is 0. The lowest BCUT2D eigenvalue weighted by Crippen LogP contribution is -2.14. The summed E-state index contributed by atoms with van der Waals surface area (Å²) in [4.78, 5) is 0. The molecule has 0 nitrogen and oxygen atoms in total. The summed E-state index contributed by atoms with van der Waals surface area (Å²) in [6, 6.07) is 144. The van der Waals surface area contributed by atoms with Crippen LogP contribution < -0.4 is 0 Å². The maximum Gasteiger partial charge on any atom is 0.0159 e. The third-order valence-electron chi connectivity index (χ3n) is 22.6. The van der Waals surface area contributed by atoms with E-state index in [1.165, 1.54) is 208 Å². The fourth-order valence-corrected chi connectivity index (χ4v) is 18.0. The largest absolute Gasteiger partial charge is 0.0622 e. The van der Waals surface area contributed by atoms with Crippen LogP contribution in [-0.2, 0) is 5.41 Å². The van der Waals surface area contributed by atoms with E-state index in [0.29, 0.717) is 0 Å². The Hall–Kier alpha value is -13.3. The Labute approximate surface area is 611 Å². The molecule has 0 aliphatic heterocycles. The Morgan fingerprint density at radius 2 is 0.381 bits per heavy atom. The van der Waals surface area contributed by atoms with Gasteiger partial charge in [-0.15, -0.1) is 0 Å². The lowest BCUT2D eigenvalue weighted by molar-refractivity contribution is 0.660. The minimum absolute atomic E-state index is 0.0846. The molecule has 0 amide bonds. The van der Waals surface area contributed by atoms with Crippen molar-refractivity contribution in [1.82, 2.24) is 0 Å². The summed E-state index contributed by atoms with van der Waals surface area (Å²) in [6.45, 7) is 4.75. The van der Waals surface area contributed by atoms with Crippen LogP contribution in [0.2, 0.25) is 0 Å². The Balaban J connectivity index is 0.000000140. The van der Waals surface area contributed by atoms with Gasteiger partial charge in [0, 0.05) is 5.41 Å². The predicted molar refractivity (Wildman–Crippen MR) is 451 cm³/mol. The summed E-state index contributed by atoms with van der Waals surface area (Å²) in [5.74, 6) is 0. The highest BCUT2D eigenvalue weighted by Crippen LogP contribution is 2.54. The highest BCUT2D eigenvalue weighted by molar-refractivity contribution is 6.28. The van der Waals surface area contributed by atoms with Crippen LogP contribution in [0.5, 0.6) is 0 Å². The topological polar surface area (TPSA) is 0 Å². The minimum atomic E-state index is -0.0846. The molecule has 105 heavy (non-hydrogen) atoms. The SMILES string of the molecule is CC1(C)c2ccccc2-c2ccc(-c3c4ccccc4c(-c4ccccc4)c4cc(-c5c6ccccc6c(-c6ccccc6)c6ccccc56)ccc34)cc21.c1ccc(-c2c3ccccc3c(-c3ccc4c(-c5ccc6ccccc6c5)c5ccccc5c(-c5ccccc5)c4c3)c3ccccc23)cc1. The van der Waals surface area contributed by atoms with Crippen molar-refractivity contribution in [1.29, 1.82) is 0 Å². The highest BCUT2D eigenvalue weighted by atomic mass is 14.4. The van der Waals surface area contributed by atoms with Gasteiger partial charge in [0.25, 0.3) is 0 Å². The average Bonchev–Trinajstić information content (AvgIpc) is 1.73. The number of hydrogen-bond acceptors (Lipinski definition) is 0. The molecule has 490 valence electrons. The molecule has 1 aliphatic rings. The normalized spacial score (nSPS) is 12.4. The molecule has 0 bridgehead atoms. The van der Waals surface area contributed by atoms with E-state index in [4.69, 9.17) is 0 Å². The zero-order chi connectivity index (χ0) is 69.7. The van der Waals surface area contributed by atoms with Crippen molar-refractivity contribution in [2.45, 2.75) is 19.3 Å². The second-order valence-electron chi connectivity index (χ2n) is 28.8. The van der Waals surface area contributed by atoms with Crippen molar-refractivity contribution in [3.63, 3.8) is 0 Å². The molecule has 0 atom stereocenters. The van der Waals surface area contributed by atoms with Crippen molar-refractivity contribution in [3.8, 4) is 100 Å². The molecular weight excluding hydrogens is 1260 g/mol. The van der Waals surface area contributed by atoms with Crippen molar-refractivity contribution in [2.24, 2.45) is 0 Å². The van der Waals surface area contributed by atoms with Gasteiger partial charge in [-0.05, 0) is 232 Å². The van der Waals surface area contributed by atoms with Gasteiger partial charge in [0.15, 0.2) is 0 Å². The minimum Gasteiger partial charge on any atom is -0.0622 e. The molecule has 21 rings (SSSR count). The first-order valence-corrected chi connectivity index (χ1v) is 36.7. The molecule has 0 heteroatoms. The zero-order valence-electron chi connectivity index (χ0n) is 58.5. The van der Waals surface area contributed by atoms with E-state index >= 15 is 0 Å². The first-order valence-electron chi connectivity index (χ1n) is 36.7. The molecule has 20 aromatic carbocycles. The summed E-state index contributed by atoms with van der Waals surface area (Å²) < 4.78 is 0. The lowest BCUT2D eigenvalue weighted by atomic mass is 9.80. The standard InChI is InChI=1S/C55H38.C50H32/c1-55(2)49-28-16-15-21-39(49)40-31-29-38(34-50(40)55)54-46-27-14-11-24-43(46)52(36-19-7-4-8-20-36)48-33-37(30-32-47(48)54)53-44-25-12-9-22-41(44)51(35-17-5-3-6-18-35)42-23-10-13-26-45(42)53;1-3-16-34(17-4-1)47-39-21-9-12-24-42(39)50(43-25-13-10-22-40(43)47)38-29-30-45-46(32-38)48(35-18-5-2-6-19-35)41-23-11-14-26-44(41)49(45)37-28-27-33-15-7-8-20-36(33)31-37/h3-34H,1-2H3;1-32H. The van der Waals surface area contributed by atoms with Crippen LogP contribution >= 0.6 is 0 Å². The van der Waals surface area contributed by atoms with Gasteiger partial charge in [-0.25, -0.2) is 0 Å². The smallest absolute Gasteiger partial charge is 0.0159 e. The van der Waals surface area contributed by atoms with Gasteiger partial charge < -0.3 is 0 Å². The zero-order valence-corrected chi connectivity index (χ0v) is 58.5. The van der Waals surface area contributed by atoms with Crippen LogP contribution in [-0.4, -0.2) is 0 Å². The highest BCUT2D eigenvalue weighted by Gasteiger charge is 2.36. The van der Waals surface area contributed by atoms with Gasteiger partial charge in [-0.2, -0.15) is 0 Å². The molecule has 0 aromatic heterocycles. The third-order valence-corrected chi connectivity index (χ3v) is 22.6. The Morgan fingerprint density at radius 1 is 0.143 bits per heavy atom. The summed E-state index contributed by atoms with van der Waals surface area (Å²) in [7, 11) is 0. The lowest BCUT2D eigenvalue weighted by Gasteiger charge is -2.23. The Morgan fingerprint density at radius 3 is 0.743 bits per heavy atom. The van der Waals surface area contributed by atoms with E-state index < -0.39 is 0 Å². The van der Waals surface area contributed by atoms with E-state index in [0.717, 1.165) is 0 Å². The number of fused-ring (bicyclic) bond motifs is 12. The van der Waals surface area contributed by atoms with E-state index in [1.54, 1.807) is 0 Å². The molecule has 0 saturated heterocycles. The van der Waals surface area contributed by atoms with Crippen molar-refractivity contribution in [2.75, 3.05) is 0 Å². The maximum atomic E-state index is 2.48. The second-order valence-corrected chi connectivity index (χ2v) is 28.8. The first kappa shape index (κ1) is 61.6. The molecule has 0 N–H and O–H groups in total. The monoisotopic (exact) mass is 1330 g/mol. The van der Waals surface area contributed by atoms with Crippen LogP contribution in [0.15, 0.2) is 388 Å². The molecule has 0 saturated carbocycles. The van der Waals surface area contributed by atoms with Crippen LogP contribution in [0.25, 0.3) is 197 Å². The van der Waals surface area contributed by atoms with Gasteiger partial charge >= 0.3 is 0 Å². The molecule has 0 fully saturated rings. The van der Waals surface area contributed by atoms with Gasteiger partial charge in [-0.1, -0.05) is 378 Å². The maximum absolute atomic E-state index is 2.48. The first-order chi connectivity index (χ1) is 51.9. The van der Waals surface area contributed by atoms with Crippen molar-refractivity contribution < 1.29 is 0 Å². The summed E-state index contributed by atoms with van der Waals surface area (Å²) in [5.41, 5.74) is 25.5. The second kappa shape index (κ2) is 25.1. The van der Waals surface area contributed by atoms with E-state index in [-0.39, 0.29) is 5.41 Å². The molecule has 0 heterocycles. The van der Waals surface area contributed by atoms with Crippen molar-refractivity contribution >= 4 is 97.0 Å². The number of rotatable bonds is 8. The van der Waals surface area contributed by atoms with Crippen molar-refractivity contribution in [3.05, 3.63) is 399 Å². The number of benzene rings is 20. The Bertz CT molecular complexity index is 6770. The summed E-state index contributed by atoms with van der Waals surface area (Å²) in [5, 5.41) is 22.8. The van der Waals surface area contributed by atoms with Gasteiger partial charge in [0.05, 0.1) is 0 Å². The van der Waals surface area contributed by atoms with E-state index in [9.17, 15) is 0 Å². The van der Waals surface area contributed by atoms with Gasteiger partial charge in [-0.3, -0.25) is 0 Å².